The van der Waals surface area contributed by atoms with Crippen LogP contribution in [0.15, 0.2) is 12.1 Å². The summed E-state index contributed by atoms with van der Waals surface area (Å²) in [7, 11) is 0. The Hall–Kier alpha value is -2.24. The summed E-state index contributed by atoms with van der Waals surface area (Å²) in [6.45, 7) is 10.4. The van der Waals surface area contributed by atoms with Gasteiger partial charge in [-0.2, -0.15) is 0 Å². The number of nitrogens with two attached hydrogens (primary N) is 1. The van der Waals surface area contributed by atoms with Crippen LogP contribution in [-0.4, -0.2) is 23.6 Å². The van der Waals surface area contributed by atoms with E-state index in [0.717, 1.165) is 0 Å². The monoisotopic (exact) mass is 308 g/mol. The van der Waals surface area contributed by atoms with Gasteiger partial charge < -0.3 is 20.5 Å². The first kappa shape index (κ1) is 17.8. The number of carbonyl (C=O) groups is 2. The van der Waals surface area contributed by atoms with Crippen LogP contribution < -0.4 is 15.8 Å². The molecular weight excluding hydrogens is 284 g/mol. The summed E-state index contributed by atoms with van der Waals surface area (Å²) in [6.07, 6.45) is -0.144. The summed E-state index contributed by atoms with van der Waals surface area (Å²) >= 11 is 0. The lowest BCUT2D eigenvalue weighted by molar-refractivity contribution is -0.114. The number of nitrogens with one attached hydrogen (secondary N) is 1. The largest absolute Gasteiger partial charge is 0.490 e. The van der Waals surface area contributed by atoms with Gasteiger partial charge in [-0.3, -0.25) is 4.79 Å². The van der Waals surface area contributed by atoms with E-state index in [1.807, 2.05) is 13.8 Å². The van der Waals surface area contributed by atoms with Gasteiger partial charge in [-0.15, -0.1) is 0 Å². The van der Waals surface area contributed by atoms with Crippen molar-refractivity contribution in [2.75, 3.05) is 11.1 Å². The number of carbonyl (C=O) groups excluding carboxylic acids is 2. The first-order valence-electron chi connectivity index (χ1n) is 7.10. The van der Waals surface area contributed by atoms with E-state index in [1.165, 1.54) is 19.1 Å². The summed E-state index contributed by atoms with van der Waals surface area (Å²) in [5.41, 5.74) is 6.17. The van der Waals surface area contributed by atoms with Crippen LogP contribution in [0.25, 0.3) is 0 Å². The highest BCUT2D eigenvalue weighted by Gasteiger charge is 2.23. The van der Waals surface area contributed by atoms with Crippen LogP contribution in [-0.2, 0) is 9.53 Å². The maximum absolute atomic E-state index is 12.3. The fourth-order valence-corrected chi connectivity index (χ4v) is 1.74. The highest BCUT2D eigenvalue weighted by molar-refractivity contribution is 5.98. The molecule has 122 valence electrons. The molecule has 0 aromatic heterocycles. The Labute approximate surface area is 131 Å². The number of hydrogen-bond acceptors (Lipinski definition) is 5. The summed E-state index contributed by atoms with van der Waals surface area (Å²) < 4.78 is 11.0. The average molecular weight is 308 g/mol. The van der Waals surface area contributed by atoms with Gasteiger partial charge >= 0.3 is 5.97 Å². The molecule has 0 heterocycles. The molecule has 3 N–H and O–H groups in total. The maximum Gasteiger partial charge on any atom is 0.342 e. The third kappa shape index (κ3) is 5.27. The molecule has 0 aliphatic heterocycles. The van der Waals surface area contributed by atoms with Crippen LogP contribution >= 0.6 is 0 Å². The van der Waals surface area contributed by atoms with Crippen LogP contribution in [0.2, 0.25) is 0 Å². The Morgan fingerprint density at radius 3 is 2.27 bits per heavy atom. The minimum Gasteiger partial charge on any atom is -0.490 e. The second-order valence-corrected chi connectivity index (χ2v) is 6.29. The van der Waals surface area contributed by atoms with Gasteiger partial charge in [0.25, 0.3) is 0 Å². The number of nitrogen functional groups attached to an aromatic ring is 1. The Morgan fingerprint density at radius 2 is 1.82 bits per heavy atom. The smallest absolute Gasteiger partial charge is 0.342 e. The number of hydrogen-bond donors (Lipinski definition) is 2. The second kappa shape index (κ2) is 6.68. The number of esters is 1. The van der Waals surface area contributed by atoms with E-state index in [1.54, 1.807) is 20.8 Å². The Morgan fingerprint density at radius 1 is 1.23 bits per heavy atom. The molecule has 0 aliphatic rings. The molecule has 6 nitrogen and oxygen atoms in total. The highest BCUT2D eigenvalue weighted by Crippen LogP contribution is 2.31. The van der Waals surface area contributed by atoms with Crippen LogP contribution in [0.5, 0.6) is 5.75 Å². The van der Waals surface area contributed by atoms with Gasteiger partial charge in [0.15, 0.2) is 0 Å². The lowest BCUT2D eigenvalue weighted by atomic mass is 10.1. The normalized spacial score (nSPS) is 11.2. The van der Waals surface area contributed by atoms with E-state index in [2.05, 4.69) is 5.32 Å². The molecule has 0 atom stereocenters. The fraction of sp³-hybridized carbons (Fsp3) is 0.500. The molecular formula is C16H24N2O4. The average Bonchev–Trinajstić information content (AvgIpc) is 2.29. The zero-order valence-corrected chi connectivity index (χ0v) is 13.9. The molecule has 0 unspecified atom stereocenters. The SMILES string of the molecule is CC(=O)Nc1cc(OC(C)C)c(C(=O)OC(C)(C)C)cc1N. The van der Waals surface area contributed by atoms with Crippen molar-refractivity contribution in [3.8, 4) is 5.75 Å². The molecule has 1 rings (SSSR count). The second-order valence-electron chi connectivity index (χ2n) is 6.29. The fourth-order valence-electron chi connectivity index (χ4n) is 1.74. The first-order chi connectivity index (χ1) is 9.99. The van der Waals surface area contributed by atoms with Crippen molar-refractivity contribution < 1.29 is 19.1 Å². The van der Waals surface area contributed by atoms with Crippen molar-refractivity contribution >= 4 is 23.3 Å². The minimum atomic E-state index is -0.628. The van der Waals surface area contributed by atoms with Crippen molar-refractivity contribution in [1.82, 2.24) is 0 Å². The number of ether oxygens (including phenoxy) is 2. The van der Waals surface area contributed by atoms with Crippen molar-refractivity contribution in [1.29, 1.82) is 0 Å². The van der Waals surface area contributed by atoms with E-state index in [0.29, 0.717) is 11.4 Å². The molecule has 1 aromatic carbocycles. The zero-order chi connectivity index (χ0) is 17.1. The van der Waals surface area contributed by atoms with E-state index in [4.69, 9.17) is 15.2 Å². The van der Waals surface area contributed by atoms with Crippen LogP contribution in [0.3, 0.4) is 0 Å². The lowest BCUT2D eigenvalue weighted by Crippen LogP contribution is -2.25. The lowest BCUT2D eigenvalue weighted by Gasteiger charge is -2.22. The Balaban J connectivity index is 3.27. The van der Waals surface area contributed by atoms with Crippen molar-refractivity contribution in [2.24, 2.45) is 0 Å². The molecule has 0 aliphatic carbocycles. The molecule has 0 fully saturated rings. The van der Waals surface area contributed by atoms with E-state index < -0.39 is 11.6 Å². The van der Waals surface area contributed by atoms with E-state index in [-0.39, 0.29) is 23.3 Å². The van der Waals surface area contributed by atoms with Gasteiger partial charge in [0.1, 0.15) is 16.9 Å². The Kier molecular flexibility index (Phi) is 5.41. The number of benzene rings is 1. The van der Waals surface area contributed by atoms with Gasteiger partial charge in [0, 0.05) is 13.0 Å². The molecule has 1 aromatic rings. The third-order valence-corrected chi connectivity index (χ3v) is 2.44. The molecule has 6 heteroatoms. The molecule has 0 spiro atoms. The highest BCUT2D eigenvalue weighted by atomic mass is 16.6. The maximum atomic E-state index is 12.3. The molecule has 1 amide bonds. The van der Waals surface area contributed by atoms with E-state index in [9.17, 15) is 9.59 Å². The predicted octanol–water partition coefficient (Wildman–Crippen LogP) is 2.97. The van der Waals surface area contributed by atoms with Crippen molar-refractivity contribution in [3.05, 3.63) is 17.7 Å². The number of amides is 1. The van der Waals surface area contributed by atoms with Gasteiger partial charge in [0.05, 0.1) is 17.5 Å². The first-order valence-corrected chi connectivity index (χ1v) is 7.10. The molecule has 0 saturated carbocycles. The number of anilines is 2. The van der Waals surface area contributed by atoms with E-state index >= 15 is 0 Å². The molecule has 0 radical (unpaired) electrons. The molecule has 0 saturated heterocycles. The standard InChI is InChI=1S/C16H24N2O4/c1-9(2)21-14-8-13(18-10(3)19)12(17)7-11(14)15(20)22-16(4,5)6/h7-9H,17H2,1-6H3,(H,18,19). The van der Waals surface area contributed by atoms with Gasteiger partial charge in [-0.1, -0.05) is 0 Å². The molecule has 22 heavy (non-hydrogen) atoms. The van der Waals surface area contributed by atoms with Crippen molar-refractivity contribution in [2.45, 2.75) is 53.2 Å². The summed E-state index contributed by atoms with van der Waals surface area (Å²) in [5, 5.41) is 2.61. The van der Waals surface area contributed by atoms with Crippen molar-refractivity contribution in [3.63, 3.8) is 0 Å². The zero-order valence-electron chi connectivity index (χ0n) is 13.9. The third-order valence-electron chi connectivity index (χ3n) is 2.44. The van der Waals surface area contributed by atoms with Gasteiger partial charge in [-0.05, 0) is 40.7 Å². The quantitative estimate of drug-likeness (QED) is 0.659. The molecule has 0 bridgehead atoms. The number of rotatable bonds is 4. The van der Waals surface area contributed by atoms with Crippen LogP contribution in [0.1, 0.15) is 51.9 Å². The van der Waals surface area contributed by atoms with Crippen LogP contribution in [0, 0.1) is 0 Å². The predicted molar refractivity (Wildman–Crippen MR) is 86.1 cm³/mol. The minimum absolute atomic E-state index is 0.144. The topological polar surface area (TPSA) is 90.6 Å². The van der Waals surface area contributed by atoms with Gasteiger partial charge in [-0.25, -0.2) is 4.79 Å². The summed E-state index contributed by atoms with van der Waals surface area (Å²) in [4.78, 5) is 23.5. The summed E-state index contributed by atoms with van der Waals surface area (Å²) in [6, 6.07) is 2.99. The Bertz CT molecular complexity index is 574. The van der Waals surface area contributed by atoms with Crippen LogP contribution in [0.4, 0.5) is 11.4 Å². The van der Waals surface area contributed by atoms with Gasteiger partial charge in [0.2, 0.25) is 5.91 Å². The summed E-state index contributed by atoms with van der Waals surface area (Å²) in [5.74, 6) is -0.460.